The normalized spacial score (nSPS) is 14.2. The maximum Gasteiger partial charge on any atom is 0.245 e. The number of aliphatic hydroxyl groups is 1. The highest BCUT2D eigenvalue weighted by molar-refractivity contribution is 7.94. The number of rotatable bonds is 5. The van der Waals surface area contributed by atoms with Crippen LogP contribution in [-0.2, 0) is 14.6 Å². The molecule has 2 N–H and O–H groups in total. The van der Waals surface area contributed by atoms with E-state index in [4.69, 9.17) is 0 Å². The van der Waals surface area contributed by atoms with E-state index in [2.05, 4.69) is 5.32 Å². The van der Waals surface area contributed by atoms with E-state index in [1.807, 2.05) is 0 Å². The van der Waals surface area contributed by atoms with Gasteiger partial charge in [0.25, 0.3) is 0 Å². The minimum atomic E-state index is -3.64. The molecule has 1 unspecified atom stereocenters. The molecule has 0 aliphatic heterocycles. The molecule has 0 aliphatic carbocycles. The summed E-state index contributed by atoms with van der Waals surface area (Å²) in [4.78, 5) is 11.8. The third-order valence-corrected chi connectivity index (χ3v) is 4.38. The molecule has 0 radical (unpaired) electrons. The molecule has 20 heavy (non-hydrogen) atoms. The zero-order valence-electron chi connectivity index (χ0n) is 11.7. The van der Waals surface area contributed by atoms with Crippen molar-refractivity contribution in [2.45, 2.75) is 37.3 Å². The average molecular weight is 297 g/mol. The smallest absolute Gasteiger partial charge is 0.245 e. The second-order valence-corrected chi connectivity index (χ2v) is 6.88. The van der Waals surface area contributed by atoms with Crippen LogP contribution in [0.1, 0.15) is 20.8 Å². The van der Waals surface area contributed by atoms with Gasteiger partial charge in [-0.25, -0.2) is 8.42 Å². The van der Waals surface area contributed by atoms with Crippen molar-refractivity contribution in [3.63, 3.8) is 0 Å². The first-order valence-corrected chi connectivity index (χ1v) is 7.68. The molecule has 0 saturated carbocycles. The third-order valence-electron chi connectivity index (χ3n) is 2.96. The summed E-state index contributed by atoms with van der Waals surface area (Å²) in [6, 6.07) is 7.84. The van der Waals surface area contributed by atoms with Crippen LogP contribution in [0.5, 0.6) is 0 Å². The fourth-order valence-corrected chi connectivity index (χ4v) is 2.30. The second-order valence-electron chi connectivity index (χ2n) is 5.05. The first-order chi connectivity index (χ1) is 9.15. The number of aliphatic hydroxyl groups excluding tert-OH is 1. The van der Waals surface area contributed by atoms with Crippen molar-refractivity contribution in [3.8, 4) is 0 Å². The monoisotopic (exact) mass is 297 g/mol. The fraction of sp³-hybridized carbons (Fsp3) is 0.357. The Balaban J connectivity index is 2.81. The van der Waals surface area contributed by atoms with E-state index in [1.54, 1.807) is 39.0 Å². The van der Waals surface area contributed by atoms with E-state index in [1.165, 1.54) is 12.1 Å². The topological polar surface area (TPSA) is 83.5 Å². The lowest BCUT2D eigenvalue weighted by molar-refractivity contribution is -0.119. The standard InChI is InChI=1S/C14H19NO4S/c1-11(16)14(2,3)15-13(17)9-10-20(18,19)12-7-5-4-6-8-12/h4-11,16H,1-3H3,(H,15,17)/b10-9+. The number of sulfone groups is 1. The van der Waals surface area contributed by atoms with Crippen LogP contribution in [0.25, 0.3) is 0 Å². The van der Waals surface area contributed by atoms with Crippen LogP contribution in [0.2, 0.25) is 0 Å². The van der Waals surface area contributed by atoms with Crippen molar-refractivity contribution >= 4 is 15.7 Å². The summed E-state index contributed by atoms with van der Waals surface area (Å²) in [6.07, 6.45) is 0.192. The van der Waals surface area contributed by atoms with Crippen LogP contribution >= 0.6 is 0 Å². The number of benzene rings is 1. The Morgan fingerprint density at radius 2 is 1.85 bits per heavy atom. The average Bonchev–Trinajstić information content (AvgIpc) is 2.37. The second kappa shape index (κ2) is 6.19. The Labute approximate surface area is 119 Å². The van der Waals surface area contributed by atoms with Gasteiger partial charge in [0.1, 0.15) is 0 Å². The molecule has 5 nitrogen and oxygen atoms in total. The molecule has 0 fully saturated rings. The van der Waals surface area contributed by atoms with E-state index >= 15 is 0 Å². The number of hydrogen-bond acceptors (Lipinski definition) is 4. The van der Waals surface area contributed by atoms with Gasteiger partial charge < -0.3 is 10.4 Å². The van der Waals surface area contributed by atoms with E-state index in [0.29, 0.717) is 0 Å². The van der Waals surface area contributed by atoms with Crippen molar-refractivity contribution in [1.82, 2.24) is 5.32 Å². The number of hydrogen-bond donors (Lipinski definition) is 2. The van der Waals surface area contributed by atoms with Crippen molar-refractivity contribution in [3.05, 3.63) is 41.8 Å². The number of carbonyl (C=O) groups is 1. The van der Waals surface area contributed by atoms with E-state index in [-0.39, 0.29) is 4.90 Å². The lowest BCUT2D eigenvalue weighted by Gasteiger charge is -2.28. The summed E-state index contributed by atoms with van der Waals surface area (Å²) in [5.41, 5.74) is -0.835. The molecule has 1 aromatic rings. The summed E-state index contributed by atoms with van der Waals surface area (Å²) >= 11 is 0. The maximum atomic E-state index is 11.9. The molecule has 1 rings (SSSR count). The lowest BCUT2D eigenvalue weighted by Crippen LogP contribution is -2.50. The van der Waals surface area contributed by atoms with Gasteiger partial charge in [0, 0.05) is 11.5 Å². The summed E-state index contributed by atoms with van der Waals surface area (Å²) < 4.78 is 23.8. The van der Waals surface area contributed by atoms with Gasteiger partial charge in [0.05, 0.1) is 16.5 Å². The minimum Gasteiger partial charge on any atom is -0.391 e. The predicted molar refractivity (Wildman–Crippen MR) is 76.7 cm³/mol. The fourth-order valence-electron chi connectivity index (χ4n) is 1.30. The van der Waals surface area contributed by atoms with E-state index < -0.39 is 27.4 Å². The molecular formula is C14H19NO4S. The first-order valence-electron chi connectivity index (χ1n) is 6.13. The summed E-state index contributed by atoms with van der Waals surface area (Å²) in [7, 11) is -3.64. The van der Waals surface area contributed by atoms with Gasteiger partial charge in [-0.1, -0.05) is 18.2 Å². The number of carbonyl (C=O) groups excluding carboxylic acids is 1. The van der Waals surface area contributed by atoms with Crippen LogP contribution < -0.4 is 5.32 Å². The number of nitrogens with one attached hydrogen (secondary N) is 1. The minimum absolute atomic E-state index is 0.124. The lowest BCUT2D eigenvalue weighted by atomic mass is 9.99. The van der Waals surface area contributed by atoms with Gasteiger partial charge in [-0.05, 0) is 32.9 Å². The highest BCUT2D eigenvalue weighted by Gasteiger charge is 2.25. The summed E-state index contributed by atoms with van der Waals surface area (Å²) in [6.45, 7) is 4.84. The molecular weight excluding hydrogens is 278 g/mol. The van der Waals surface area contributed by atoms with Crippen LogP contribution in [0.3, 0.4) is 0 Å². The number of amides is 1. The van der Waals surface area contributed by atoms with Crippen LogP contribution in [0, 0.1) is 0 Å². The van der Waals surface area contributed by atoms with Gasteiger partial charge in [0.2, 0.25) is 5.91 Å². The molecule has 0 aromatic heterocycles. The van der Waals surface area contributed by atoms with Crippen molar-refractivity contribution in [2.75, 3.05) is 0 Å². The first kappa shape index (κ1) is 16.4. The van der Waals surface area contributed by atoms with Crippen molar-refractivity contribution in [2.24, 2.45) is 0 Å². The quantitative estimate of drug-likeness (QED) is 0.801. The summed E-state index contributed by atoms with van der Waals surface area (Å²) in [5.74, 6) is -0.574. The van der Waals surface area contributed by atoms with Gasteiger partial charge in [-0.15, -0.1) is 0 Å². The molecule has 6 heteroatoms. The van der Waals surface area contributed by atoms with E-state index in [9.17, 15) is 18.3 Å². The Bertz CT molecular complexity index is 589. The van der Waals surface area contributed by atoms with Gasteiger partial charge in [0.15, 0.2) is 9.84 Å². The van der Waals surface area contributed by atoms with E-state index in [0.717, 1.165) is 11.5 Å². The Morgan fingerprint density at radius 1 is 1.30 bits per heavy atom. The molecule has 110 valence electrons. The molecule has 0 spiro atoms. The van der Waals surface area contributed by atoms with Gasteiger partial charge >= 0.3 is 0 Å². The molecule has 0 aliphatic rings. The Hall–Kier alpha value is -1.66. The van der Waals surface area contributed by atoms with Crippen LogP contribution in [0.4, 0.5) is 0 Å². The van der Waals surface area contributed by atoms with Gasteiger partial charge in [-0.2, -0.15) is 0 Å². The van der Waals surface area contributed by atoms with Gasteiger partial charge in [-0.3, -0.25) is 4.79 Å². The molecule has 1 atom stereocenters. The SMILES string of the molecule is CC(O)C(C)(C)NC(=O)/C=C/S(=O)(=O)c1ccccc1. The van der Waals surface area contributed by atoms with Crippen molar-refractivity contribution in [1.29, 1.82) is 0 Å². The van der Waals surface area contributed by atoms with Crippen molar-refractivity contribution < 1.29 is 18.3 Å². The molecule has 0 saturated heterocycles. The summed E-state index contributed by atoms with van der Waals surface area (Å²) in [5, 5.41) is 12.9. The van der Waals surface area contributed by atoms with Crippen LogP contribution in [0.15, 0.2) is 46.7 Å². The third kappa shape index (κ3) is 4.47. The largest absolute Gasteiger partial charge is 0.391 e. The van der Waals surface area contributed by atoms with Crippen LogP contribution in [-0.4, -0.2) is 31.1 Å². The Kier molecular flexibility index (Phi) is 5.08. The maximum absolute atomic E-state index is 11.9. The molecule has 0 heterocycles. The zero-order valence-corrected chi connectivity index (χ0v) is 12.5. The highest BCUT2D eigenvalue weighted by atomic mass is 32.2. The molecule has 0 bridgehead atoms. The highest BCUT2D eigenvalue weighted by Crippen LogP contribution is 2.12. The molecule has 1 aromatic carbocycles. The zero-order chi connectivity index (χ0) is 15.4. The Morgan fingerprint density at radius 3 is 2.35 bits per heavy atom. The predicted octanol–water partition coefficient (Wildman–Crippen LogP) is 1.25. The molecule has 1 amide bonds.